The van der Waals surface area contributed by atoms with Crippen molar-refractivity contribution >= 4 is 11.8 Å². The molecule has 2 rings (SSSR count). The lowest BCUT2D eigenvalue weighted by atomic mass is 10.1. The minimum atomic E-state index is 0.409. The van der Waals surface area contributed by atoms with Crippen LogP contribution in [0.4, 0.5) is 0 Å². The highest BCUT2D eigenvalue weighted by molar-refractivity contribution is 7.98. The summed E-state index contributed by atoms with van der Waals surface area (Å²) in [6, 6.07) is 11.1. The predicted octanol–water partition coefficient (Wildman–Crippen LogP) is 4.34. The van der Waals surface area contributed by atoms with Crippen LogP contribution in [-0.2, 0) is 5.75 Å². The van der Waals surface area contributed by atoms with Crippen LogP contribution in [0.15, 0.2) is 39.8 Å². The molecule has 1 atom stereocenters. The molecule has 2 aromatic rings. The second kappa shape index (κ2) is 7.50. The number of nitrogens with zero attached hydrogens (tertiary/aromatic N) is 1. The van der Waals surface area contributed by atoms with Gasteiger partial charge in [0.05, 0.1) is 5.69 Å². The standard InChI is InChI=1S/C16H22N2OS/c1-4-9-17-13(3)14-5-7-16(8-6-14)20-11-15-10-12(2)19-18-15/h5-8,10,13,17H,4,9,11H2,1-3H3. The van der Waals surface area contributed by atoms with Crippen molar-refractivity contribution in [2.45, 2.75) is 43.9 Å². The van der Waals surface area contributed by atoms with E-state index in [1.54, 1.807) is 11.8 Å². The van der Waals surface area contributed by atoms with Crippen LogP contribution in [0.5, 0.6) is 0 Å². The molecule has 108 valence electrons. The number of aryl methyl sites for hydroxylation is 1. The normalized spacial score (nSPS) is 12.6. The Morgan fingerprint density at radius 2 is 2.05 bits per heavy atom. The van der Waals surface area contributed by atoms with Gasteiger partial charge in [0.15, 0.2) is 0 Å². The van der Waals surface area contributed by atoms with E-state index in [9.17, 15) is 0 Å². The van der Waals surface area contributed by atoms with E-state index in [1.165, 1.54) is 10.5 Å². The maximum absolute atomic E-state index is 5.07. The minimum Gasteiger partial charge on any atom is -0.361 e. The number of nitrogens with one attached hydrogen (secondary N) is 1. The van der Waals surface area contributed by atoms with Crippen molar-refractivity contribution in [3.05, 3.63) is 47.3 Å². The summed E-state index contributed by atoms with van der Waals surface area (Å²) >= 11 is 1.78. The number of hydrogen-bond acceptors (Lipinski definition) is 4. The van der Waals surface area contributed by atoms with Gasteiger partial charge in [-0.25, -0.2) is 0 Å². The third kappa shape index (κ3) is 4.39. The third-order valence-corrected chi connectivity index (χ3v) is 4.19. The summed E-state index contributed by atoms with van der Waals surface area (Å²) in [6.07, 6.45) is 1.16. The fraction of sp³-hybridized carbons (Fsp3) is 0.438. The zero-order valence-electron chi connectivity index (χ0n) is 12.3. The topological polar surface area (TPSA) is 38.1 Å². The zero-order valence-corrected chi connectivity index (χ0v) is 13.2. The van der Waals surface area contributed by atoms with Crippen molar-refractivity contribution in [2.75, 3.05) is 6.54 Å². The van der Waals surface area contributed by atoms with Gasteiger partial charge in [-0.3, -0.25) is 0 Å². The van der Waals surface area contributed by atoms with Crippen LogP contribution >= 0.6 is 11.8 Å². The predicted molar refractivity (Wildman–Crippen MR) is 84.0 cm³/mol. The van der Waals surface area contributed by atoms with E-state index in [0.717, 1.165) is 30.2 Å². The van der Waals surface area contributed by atoms with Gasteiger partial charge < -0.3 is 9.84 Å². The summed E-state index contributed by atoms with van der Waals surface area (Å²) in [5, 5.41) is 7.50. The van der Waals surface area contributed by atoms with E-state index in [2.05, 4.69) is 48.6 Å². The van der Waals surface area contributed by atoms with E-state index in [1.807, 2.05) is 13.0 Å². The van der Waals surface area contributed by atoms with Crippen LogP contribution in [0, 0.1) is 6.92 Å². The first kappa shape index (κ1) is 15.1. The summed E-state index contributed by atoms with van der Waals surface area (Å²) in [7, 11) is 0. The van der Waals surface area contributed by atoms with Crippen molar-refractivity contribution < 1.29 is 4.52 Å². The Hall–Kier alpha value is -1.26. The first-order valence-electron chi connectivity index (χ1n) is 7.07. The van der Waals surface area contributed by atoms with E-state index in [4.69, 9.17) is 4.52 Å². The van der Waals surface area contributed by atoms with Gasteiger partial charge >= 0.3 is 0 Å². The molecule has 0 saturated carbocycles. The maximum atomic E-state index is 5.07. The molecule has 1 N–H and O–H groups in total. The highest BCUT2D eigenvalue weighted by atomic mass is 32.2. The SMILES string of the molecule is CCCNC(C)c1ccc(SCc2cc(C)on2)cc1. The van der Waals surface area contributed by atoms with Crippen LogP contribution in [0.3, 0.4) is 0 Å². The quantitative estimate of drug-likeness (QED) is 0.770. The van der Waals surface area contributed by atoms with Crippen LogP contribution < -0.4 is 5.32 Å². The van der Waals surface area contributed by atoms with Crippen molar-refractivity contribution in [3.8, 4) is 0 Å². The molecule has 0 radical (unpaired) electrons. The molecule has 0 fully saturated rings. The van der Waals surface area contributed by atoms with Crippen LogP contribution in [0.25, 0.3) is 0 Å². The molecular formula is C16H22N2OS. The van der Waals surface area contributed by atoms with Gasteiger partial charge in [-0.15, -0.1) is 11.8 Å². The Morgan fingerprint density at radius 1 is 1.30 bits per heavy atom. The minimum absolute atomic E-state index is 0.409. The molecule has 1 aromatic heterocycles. The van der Waals surface area contributed by atoms with E-state index >= 15 is 0 Å². The largest absolute Gasteiger partial charge is 0.361 e. The number of thioether (sulfide) groups is 1. The van der Waals surface area contributed by atoms with Gasteiger partial charge in [-0.05, 0) is 44.5 Å². The first-order chi connectivity index (χ1) is 9.69. The molecule has 0 bridgehead atoms. The molecule has 0 amide bonds. The molecule has 0 aliphatic heterocycles. The van der Waals surface area contributed by atoms with Crippen LogP contribution in [0.2, 0.25) is 0 Å². The summed E-state index contributed by atoms with van der Waals surface area (Å²) in [5.74, 6) is 1.71. The smallest absolute Gasteiger partial charge is 0.133 e. The van der Waals surface area contributed by atoms with Gasteiger partial charge in [-0.2, -0.15) is 0 Å². The monoisotopic (exact) mass is 290 g/mol. The molecule has 1 unspecified atom stereocenters. The Labute approximate surface area is 125 Å². The molecule has 0 aliphatic carbocycles. The number of aromatic nitrogens is 1. The van der Waals surface area contributed by atoms with Crippen LogP contribution in [0.1, 0.15) is 43.3 Å². The Bertz CT molecular complexity index is 522. The molecule has 4 heteroatoms. The van der Waals surface area contributed by atoms with Gasteiger partial charge in [0.2, 0.25) is 0 Å². The highest BCUT2D eigenvalue weighted by Gasteiger charge is 2.05. The molecule has 1 aromatic carbocycles. The zero-order chi connectivity index (χ0) is 14.4. The van der Waals surface area contributed by atoms with Crippen molar-refractivity contribution in [2.24, 2.45) is 0 Å². The van der Waals surface area contributed by atoms with Gasteiger partial charge in [-0.1, -0.05) is 24.2 Å². The fourth-order valence-corrected chi connectivity index (χ4v) is 2.75. The number of benzene rings is 1. The first-order valence-corrected chi connectivity index (χ1v) is 8.06. The van der Waals surface area contributed by atoms with E-state index in [-0.39, 0.29) is 0 Å². The fourth-order valence-electron chi connectivity index (χ4n) is 1.97. The Balaban J connectivity index is 1.87. The Kier molecular flexibility index (Phi) is 5.68. The van der Waals surface area contributed by atoms with Gasteiger partial charge in [0.25, 0.3) is 0 Å². The molecular weight excluding hydrogens is 268 g/mol. The molecule has 3 nitrogen and oxygen atoms in total. The average molecular weight is 290 g/mol. The van der Waals surface area contributed by atoms with Crippen molar-refractivity contribution in [3.63, 3.8) is 0 Å². The lowest BCUT2D eigenvalue weighted by Crippen LogP contribution is -2.19. The lowest BCUT2D eigenvalue weighted by molar-refractivity contribution is 0.393. The Morgan fingerprint density at radius 3 is 2.65 bits per heavy atom. The van der Waals surface area contributed by atoms with E-state index < -0.39 is 0 Å². The van der Waals surface area contributed by atoms with Crippen LogP contribution in [-0.4, -0.2) is 11.7 Å². The summed E-state index contributed by atoms with van der Waals surface area (Å²) < 4.78 is 5.07. The summed E-state index contributed by atoms with van der Waals surface area (Å²) in [6.45, 7) is 7.37. The van der Waals surface area contributed by atoms with Gasteiger partial charge in [0.1, 0.15) is 5.76 Å². The molecule has 0 spiro atoms. The van der Waals surface area contributed by atoms with Crippen molar-refractivity contribution in [1.29, 1.82) is 0 Å². The van der Waals surface area contributed by atoms with E-state index in [0.29, 0.717) is 6.04 Å². The average Bonchev–Trinajstić information content (AvgIpc) is 2.89. The molecule has 1 heterocycles. The molecule has 0 saturated heterocycles. The lowest BCUT2D eigenvalue weighted by Gasteiger charge is -2.13. The summed E-state index contributed by atoms with van der Waals surface area (Å²) in [5.41, 5.74) is 2.33. The summed E-state index contributed by atoms with van der Waals surface area (Å²) in [4.78, 5) is 1.26. The highest BCUT2D eigenvalue weighted by Crippen LogP contribution is 2.24. The second-order valence-corrected chi connectivity index (χ2v) is 6.01. The van der Waals surface area contributed by atoms with Gasteiger partial charge in [0, 0.05) is 22.8 Å². The number of rotatable bonds is 7. The molecule has 20 heavy (non-hydrogen) atoms. The van der Waals surface area contributed by atoms with Crippen molar-refractivity contribution in [1.82, 2.24) is 10.5 Å². The number of hydrogen-bond donors (Lipinski definition) is 1. The maximum Gasteiger partial charge on any atom is 0.133 e. The molecule has 0 aliphatic rings. The third-order valence-electron chi connectivity index (χ3n) is 3.14. The second-order valence-electron chi connectivity index (χ2n) is 4.96.